The molecule has 106 valence electrons. The molecule has 0 saturated carbocycles. The predicted molar refractivity (Wildman–Crippen MR) is 80.2 cm³/mol. The molecule has 0 radical (unpaired) electrons. The second-order valence-corrected chi connectivity index (χ2v) is 5.13. The average molecular weight is 263 g/mol. The van der Waals surface area contributed by atoms with Gasteiger partial charge in [-0.2, -0.15) is 0 Å². The predicted octanol–water partition coefficient (Wildman–Crippen LogP) is 1.76. The number of hydrogen-bond donors (Lipinski definition) is 2. The second kappa shape index (κ2) is 7.14. The number of para-hydroxylation sites is 1. The molecule has 0 heterocycles. The summed E-state index contributed by atoms with van der Waals surface area (Å²) in [6, 6.07) is 10.1. The molecule has 0 saturated heterocycles. The maximum atomic E-state index is 11.6. The van der Waals surface area contributed by atoms with Gasteiger partial charge in [-0.25, -0.2) is 0 Å². The summed E-state index contributed by atoms with van der Waals surface area (Å²) in [7, 11) is 2.02. The molecule has 4 nitrogen and oxygen atoms in total. The molecule has 0 bridgehead atoms. The van der Waals surface area contributed by atoms with E-state index in [9.17, 15) is 4.79 Å². The standard InChI is InChI=1S/C15H25N3O/c1-4-11-17-15(2,14(16)19)10-12-18(3)13-8-6-5-7-9-13/h5-9,17H,4,10-12H2,1-3H3,(H2,16,19). The molecule has 1 aromatic rings. The molecule has 1 aromatic carbocycles. The van der Waals surface area contributed by atoms with Gasteiger partial charge >= 0.3 is 0 Å². The Morgan fingerprint density at radius 1 is 1.37 bits per heavy atom. The van der Waals surface area contributed by atoms with Crippen molar-refractivity contribution in [3.05, 3.63) is 30.3 Å². The second-order valence-electron chi connectivity index (χ2n) is 5.13. The highest BCUT2D eigenvalue weighted by Crippen LogP contribution is 2.15. The Labute approximate surface area is 116 Å². The van der Waals surface area contributed by atoms with Crippen LogP contribution >= 0.6 is 0 Å². The molecule has 0 fully saturated rings. The number of nitrogens with two attached hydrogens (primary N) is 1. The van der Waals surface area contributed by atoms with Gasteiger partial charge in [-0.1, -0.05) is 25.1 Å². The Morgan fingerprint density at radius 3 is 2.53 bits per heavy atom. The third kappa shape index (κ3) is 4.56. The van der Waals surface area contributed by atoms with Crippen LogP contribution in [0.25, 0.3) is 0 Å². The van der Waals surface area contributed by atoms with E-state index in [0.29, 0.717) is 6.42 Å². The van der Waals surface area contributed by atoms with Crippen molar-refractivity contribution in [2.24, 2.45) is 5.73 Å². The van der Waals surface area contributed by atoms with Gasteiger partial charge < -0.3 is 16.0 Å². The summed E-state index contributed by atoms with van der Waals surface area (Å²) in [5.41, 5.74) is 6.02. The number of nitrogens with one attached hydrogen (secondary N) is 1. The van der Waals surface area contributed by atoms with Gasteiger partial charge in [0.2, 0.25) is 5.91 Å². The molecule has 0 aliphatic carbocycles. The average Bonchev–Trinajstić information content (AvgIpc) is 2.43. The Morgan fingerprint density at radius 2 is 2.00 bits per heavy atom. The quantitative estimate of drug-likeness (QED) is 0.751. The molecule has 1 unspecified atom stereocenters. The maximum Gasteiger partial charge on any atom is 0.237 e. The highest BCUT2D eigenvalue weighted by molar-refractivity contribution is 5.84. The van der Waals surface area contributed by atoms with Crippen molar-refractivity contribution in [2.45, 2.75) is 32.2 Å². The molecule has 1 amide bonds. The highest BCUT2D eigenvalue weighted by atomic mass is 16.1. The minimum absolute atomic E-state index is 0.289. The molecule has 3 N–H and O–H groups in total. The van der Waals surface area contributed by atoms with Crippen molar-refractivity contribution >= 4 is 11.6 Å². The Balaban J connectivity index is 2.59. The van der Waals surface area contributed by atoms with Gasteiger partial charge in [-0.3, -0.25) is 4.79 Å². The van der Waals surface area contributed by atoms with Crippen LogP contribution in [0, 0.1) is 0 Å². The summed E-state index contributed by atoms with van der Waals surface area (Å²) in [6.45, 7) is 5.53. The molecule has 4 heteroatoms. The molecule has 1 rings (SSSR count). The van der Waals surface area contributed by atoms with Crippen LogP contribution in [0.1, 0.15) is 26.7 Å². The van der Waals surface area contributed by atoms with Gasteiger partial charge in [-0.15, -0.1) is 0 Å². The van der Waals surface area contributed by atoms with Gasteiger partial charge in [-0.05, 0) is 38.4 Å². The molecule has 0 aliphatic rings. The van der Waals surface area contributed by atoms with Crippen LogP contribution < -0.4 is 16.0 Å². The zero-order valence-electron chi connectivity index (χ0n) is 12.1. The lowest BCUT2D eigenvalue weighted by atomic mass is 9.96. The lowest BCUT2D eigenvalue weighted by molar-refractivity contribution is -0.124. The first-order chi connectivity index (χ1) is 8.99. The largest absolute Gasteiger partial charge is 0.375 e. The van der Waals surface area contributed by atoms with E-state index >= 15 is 0 Å². The zero-order chi connectivity index (χ0) is 14.3. The van der Waals surface area contributed by atoms with Crippen molar-refractivity contribution in [1.82, 2.24) is 5.32 Å². The molecule has 0 aliphatic heterocycles. The van der Waals surface area contributed by atoms with Crippen molar-refractivity contribution in [3.8, 4) is 0 Å². The van der Waals surface area contributed by atoms with Crippen LogP contribution in [0.3, 0.4) is 0 Å². The van der Waals surface area contributed by atoms with Gasteiger partial charge in [0.1, 0.15) is 0 Å². The Hall–Kier alpha value is -1.55. The molecular formula is C15H25N3O. The van der Waals surface area contributed by atoms with Gasteiger partial charge in [0.25, 0.3) is 0 Å². The van der Waals surface area contributed by atoms with E-state index in [-0.39, 0.29) is 5.91 Å². The fourth-order valence-corrected chi connectivity index (χ4v) is 1.90. The number of anilines is 1. The van der Waals surface area contributed by atoms with Crippen molar-refractivity contribution in [3.63, 3.8) is 0 Å². The zero-order valence-corrected chi connectivity index (χ0v) is 12.1. The molecule has 19 heavy (non-hydrogen) atoms. The smallest absolute Gasteiger partial charge is 0.237 e. The number of amides is 1. The minimum Gasteiger partial charge on any atom is -0.375 e. The molecule has 1 atom stereocenters. The lowest BCUT2D eigenvalue weighted by Gasteiger charge is -2.30. The first-order valence-corrected chi connectivity index (χ1v) is 6.80. The normalized spacial score (nSPS) is 13.8. The minimum atomic E-state index is -0.640. The van der Waals surface area contributed by atoms with E-state index in [1.165, 1.54) is 0 Å². The van der Waals surface area contributed by atoms with Crippen molar-refractivity contribution < 1.29 is 4.79 Å². The van der Waals surface area contributed by atoms with E-state index in [2.05, 4.69) is 29.3 Å². The first-order valence-electron chi connectivity index (χ1n) is 6.80. The van der Waals surface area contributed by atoms with E-state index < -0.39 is 5.54 Å². The number of benzene rings is 1. The van der Waals surface area contributed by atoms with Gasteiger partial charge in [0, 0.05) is 19.3 Å². The SMILES string of the molecule is CCCNC(C)(CCN(C)c1ccccc1)C(N)=O. The van der Waals surface area contributed by atoms with E-state index in [4.69, 9.17) is 5.73 Å². The third-order valence-corrected chi connectivity index (χ3v) is 3.45. The van der Waals surface area contributed by atoms with E-state index in [1.807, 2.05) is 32.2 Å². The highest BCUT2D eigenvalue weighted by Gasteiger charge is 2.30. The summed E-state index contributed by atoms with van der Waals surface area (Å²) >= 11 is 0. The fourth-order valence-electron chi connectivity index (χ4n) is 1.90. The monoisotopic (exact) mass is 263 g/mol. The number of primary amides is 1. The molecule has 0 spiro atoms. The van der Waals surface area contributed by atoms with Crippen molar-refractivity contribution in [1.29, 1.82) is 0 Å². The van der Waals surface area contributed by atoms with Crippen LogP contribution in [0.15, 0.2) is 30.3 Å². The van der Waals surface area contributed by atoms with Crippen molar-refractivity contribution in [2.75, 3.05) is 25.0 Å². The lowest BCUT2D eigenvalue weighted by Crippen LogP contribution is -2.54. The van der Waals surface area contributed by atoms with Crippen LogP contribution in [0.4, 0.5) is 5.69 Å². The summed E-state index contributed by atoms with van der Waals surface area (Å²) in [6.07, 6.45) is 1.67. The van der Waals surface area contributed by atoms with Gasteiger partial charge in [0.15, 0.2) is 0 Å². The Kier molecular flexibility index (Phi) is 5.83. The number of nitrogens with zero attached hydrogens (tertiary/aromatic N) is 1. The van der Waals surface area contributed by atoms with Crippen LogP contribution in [0.5, 0.6) is 0 Å². The number of carbonyl (C=O) groups is 1. The van der Waals surface area contributed by atoms with E-state index in [0.717, 1.165) is 25.2 Å². The first kappa shape index (κ1) is 15.5. The Bertz CT molecular complexity index is 394. The van der Waals surface area contributed by atoms with Crippen LogP contribution in [-0.4, -0.2) is 31.6 Å². The number of rotatable bonds is 8. The fraction of sp³-hybridized carbons (Fsp3) is 0.533. The van der Waals surface area contributed by atoms with Crippen LogP contribution in [-0.2, 0) is 4.79 Å². The molecular weight excluding hydrogens is 238 g/mol. The topological polar surface area (TPSA) is 58.4 Å². The molecule has 0 aromatic heterocycles. The number of carbonyl (C=O) groups excluding carboxylic acids is 1. The van der Waals surface area contributed by atoms with Gasteiger partial charge in [0.05, 0.1) is 5.54 Å². The third-order valence-electron chi connectivity index (χ3n) is 3.45. The summed E-state index contributed by atoms with van der Waals surface area (Å²) in [5.74, 6) is -0.289. The summed E-state index contributed by atoms with van der Waals surface area (Å²) in [4.78, 5) is 13.8. The summed E-state index contributed by atoms with van der Waals surface area (Å²) < 4.78 is 0. The summed E-state index contributed by atoms with van der Waals surface area (Å²) in [5, 5.41) is 3.25. The van der Waals surface area contributed by atoms with Crippen LogP contribution in [0.2, 0.25) is 0 Å². The van der Waals surface area contributed by atoms with E-state index in [1.54, 1.807) is 0 Å². The maximum absolute atomic E-state index is 11.6. The number of hydrogen-bond acceptors (Lipinski definition) is 3.